The van der Waals surface area contributed by atoms with E-state index >= 15 is 0 Å². The van der Waals surface area contributed by atoms with E-state index in [0.717, 1.165) is 17.1 Å². The van der Waals surface area contributed by atoms with Crippen LogP contribution in [0.1, 0.15) is 30.7 Å². The first-order chi connectivity index (χ1) is 11.2. The molecule has 2 aliphatic heterocycles. The summed E-state index contributed by atoms with van der Waals surface area (Å²) in [6.07, 6.45) is 7.35. The monoisotopic (exact) mass is 326 g/mol. The van der Waals surface area contributed by atoms with Crippen molar-refractivity contribution in [3.8, 4) is 11.1 Å². The first-order valence-corrected chi connectivity index (χ1v) is 9.67. The molecule has 4 heteroatoms. The molecule has 0 radical (unpaired) electrons. The summed E-state index contributed by atoms with van der Waals surface area (Å²) in [4.78, 5) is 7.61. The maximum Gasteiger partial charge on any atom is 0.0538 e. The van der Waals surface area contributed by atoms with Gasteiger partial charge in [-0.05, 0) is 79.7 Å². The molecule has 0 bridgehead atoms. The second kappa shape index (κ2) is 6.17. The van der Waals surface area contributed by atoms with Crippen LogP contribution in [0.5, 0.6) is 0 Å². The SMILES string of the molecule is CN1CCC[C@@H]1CC1CS(=O)c2ccc(-c3ccncc3)cc21. The van der Waals surface area contributed by atoms with Crippen LogP contribution >= 0.6 is 0 Å². The molecule has 2 unspecified atom stereocenters. The third-order valence-electron chi connectivity index (χ3n) is 5.29. The summed E-state index contributed by atoms with van der Waals surface area (Å²) in [5, 5.41) is 0. The number of benzene rings is 1. The Hall–Kier alpha value is -1.52. The highest BCUT2D eigenvalue weighted by Crippen LogP contribution is 2.39. The van der Waals surface area contributed by atoms with Gasteiger partial charge in [0.05, 0.1) is 10.8 Å². The predicted octanol–water partition coefficient (Wildman–Crippen LogP) is 3.44. The van der Waals surface area contributed by atoms with Crippen LogP contribution in [0.3, 0.4) is 0 Å². The maximum atomic E-state index is 12.5. The lowest BCUT2D eigenvalue weighted by Gasteiger charge is -2.23. The minimum atomic E-state index is -0.835. The van der Waals surface area contributed by atoms with E-state index < -0.39 is 10.8 Å². The Labute approximate surface area is 140 Å². The molecule has 1 saturated heterocycles. The van der Waals surface area contributed by atoms with Crippen LogP contribution in [-0.2, 0) is 10.8 Å². The van der Waals surface area contributed by atoms with E-state index in [9.17, 15) is 4.21 Å². The highest BCUT2D eigenvalue weighted by atomic mass is 32.2. The van der Waals surface area contributed by atoms with Crippen LogP contribution in [0.15, 0.2) is 47.6 Å². The number of hydrogen-bond donors (Lipinski definition) is 0. The zero-order chi connectivity index (χ0) is 15.8. The van der Waals surface area contributed by atoms with Crippen molar-refractivity contribution in [2.75, 3.05) is 19.3 Å². The van der Waals surface area contributed by atoms with E-state index in [1.165, 1.54) is 36.1 Å². The largest absolute Gasteiger partial charge is 0.303 e. The van der Waals surface area contributed by atoms with Gasteiger partial charge in [0, 0.05) is 29.1 Å². The van der Waals surface area contributed by atoms with E-state index in [2.05, 4.69) is 35.1 Å². The van der Waals surface area contributed by atoms with Gasteiger partial charge in [-0.2, -0.15) is 0 Å². The topological polar surface area (TPSA) is 33.2 Å². The van der Waals surface area contributed by atoms with E-state index in [4.69, 9.17) is 0 Å². The maximum absolute atomic E-state index is 12.5. The number of hydrogen-bond acceptors (Lipinski definition) is 3. The van der Waals surface area contributed by atoms with Crippen molar-refractivity contribution in [2.24, 2.45) is 0 Å². The summed E-state index contributed by atoms with van der Waals surface area (Å²) in [6, 6.07) is 11.1. The molecule has 0 aliphatic carbocycles. The fraction of sp³-hybridized carbons (Fsp3) is 0.421. The Bertz CT molecular complexity index is 731. The van der Waals surface area contributed by atoms with E-state index in [0.29, 0.717) is 12.0 Å². The normalized spacial score (nSPS) is 27.3. The van der Waals surface area contributed by atoms with Crippen molar-refractivity contribution in [2.45, 2.75) is 36.1 Å². The molecule has 23 heavy (non-hydrogen) atoms. The van der Waals surface area contributed by atoms with Gasteiger partial charge in [0.1, 0.15) is 0 Å². The number of fused-ring (bicyclic) bond motifs is 1. The van der Waals surface area contributed by atoms with Gasteiger partial charge >= 0.3 is 0 Å². The van der Waals surface area contributed by atoms with Gasteiger partial charge in [-0.3, -0.25) is 9.19 Å². The molecule has 0 spiro atoms. The zero-order valence-corrected chi connectivity index (χ0v) is 14.3. The Kier molecular flexibility index (Phi) is 4.04. The van der Waals surface area contributed by atoms with Crippen LogP contribution in [0.4, 0.5) is 0 Å². The number of rotatable bonds is 3. The van der Waals surface area contributed by atoms with Crippen LogP contribution < -0.4 is 0 Å². The molecule has 0 saturated carbocycles. The van der Waals surface area contributed by atoms with Crippen molar-refractivity contribution in [3.05, 3.63) is 48.3 Å². The molecule has 0 N–H and O–H groups in total. The van der Waals surface area contributed by atoms with Gasteiger partial charge < -0.3 is 4.90 Å². The van der Waals surface area contributed by atoms with Gasteiger partial charge in [-0.15, -0.1) is 0 Å². The lowest BCUT2D eigenvalue weighted by atomic mass is 9.91. The lowest BCUT2D eigenvalue weighted by Crippen LogP contribution is -2.27. The fourth-order valence-corrected chi connectivity index (χ4v) is 5.53. The summed E-state index contributed by atoms with van der Waals surface area (Å²) >= 11 is 0. The highest BCUT2D eigenvalue weighted by molar-refractivity contribution is 7.85. The van der Waals surface area contributed by atoms with Gasteiger partial charge in [0.15, 0.2) is 0 Å². The van der Waals surface area contributed by atoms with Crippen LogP contribution in [0.25, 0.3) is 11.1 Å². The standard InChI is InChI=1S/C19H22N2OS/c1-21-10-2-3-17(21)11-16-13-23(22)19-5-4-15(12-18(16)19)14-6-8-20-9-7-14/h4-9,12,16-17H,2-3,10-11,13H2,1H3/t16?,17-,23?/m1/s1. The fourth-order valence-electron chi connectivity index (χ4n) is 3.96. The Morgan fingerprint density at radius 1 is 1.22 bits per heavy atom. The van der Waals surface area contributed by atoms with Crippen molar-refractivity contribution in [1.29, 1.82) is 0 Å². The average Bonchev–Trinajstić information content (AvgIpc) is 3.12. The molecule has 2 aromatic rings. The second-order valence-corrected chi connectivity index (χ2v) is 8.17. The number of nitrogens with zero attached hydrogens (tertiary/aromatic N) is 2. The van der Waals surface area contributed by atoms with E-state index in [1.807, 2.05) is 24.5 Å². The van der Waals surface area contributed by atoms with E-state index in [1.54, 1.807) is 0 Å². The Morgan fingerprint density at radius 3 is 2.78 bits per heavy atom. The Balaban J connectivity index is 1.65. The average molecular weight is 326 g/mol. The molecular formula is C19H22N2OS. The number of likely N-dealkylation sites (tertiary alicyclic amines) is 1. The second-order valence-electron chi connectivity index (χ2n) is 6.71. The molecule has 1 fully saturated rings. The summed E-state index contributed by atoms with van der Waals surface area (Å²) in [6.45, 7) is 1.20. The van der Waals surface area contributed by atoms with Gasteiger partial charge in [0.2, 0.25) is 0 Å². The first kappa shape index (κ1) is 15.0. The summed E-state index contributed by atoms with van der Waals surface area (Å²) < 4.78 is 12.5. The molecule has 120 valence electrons. The molecule has 3 nitrogen and oxygen atoms in total. The molecule has 3 atom stereocenters. The van der Waals surface area contributed by atoms with Crippen molar-refractivity contribution in [1.82, 2.24) is 9.88 Å². The number of aromatic nitrogens is 1. The lowest BCUT2D eigenvalue weighted by molar-refractivity contribution is 0.286. The molecule has 2 aliphatic rings. The van der Waals surface area contributed by atoms with Gasteiger partial charge in [-0.25, -0.2) is 0 Å². The predicted molar refractivity (Wildman–Crippen MR) is 94.0 cm³/mol. The molecular weight excluding hydrogens is 304 g/mol. The zero-order valence-electron chi connectivity index (χ0n) is 13.4. The van der Waals surface area contributed by atoms with Crippen molar-refractivity contribution in [3.63, 3.8) is 0 Å². The summed E-state index contributed by atoms with van der Waals surface area (Å²) in [7, 11) is 1.39. The highest BCUT2D eigenvalue weighted by Gasteiger charge is 2.33. The molecule has 4 rings (SSSR count). The summed E-state index contributed by atoms with van der Waals surface area (Å²) in [5.74, 6) is 1.22. The van der Waals surface area contributed by atoms with E-state index in [-0.39, 0.29) is 0 Å². The third kappa shape index (κ3) is 2.86. The van der Waals surface area contributed by atoms with Crippen LogP contribution in [0.2, 0.25) is 0 Å². The summed E-state index contributed by atoms with van der Waals surface area (Å²) in [5.41, 5.74) is 3.69. The van der Waals surface area contributed by atoms with Gasteiger partial charge in [0.25, 0.3) is 0 Å². The first-order valence-electron chi connectivity index (χ1n) is 8.35. The molecule has 3 heterocycles. The minimum absolute atomic E-state index is 0.429. The quantitative estimate of drug-likeness (QED) is 0.866. The number of pyridine rings is 1. The molecule has 1 aromatic carbocycles. The van der Waals surface area contributed by atoms with Crippen molar-refractivity contribution >= 4 is 10.8 Å². The van der Waals surface area contributed by atoms with Crippen molar-refractivity contribution < 1.29 is 4.21 Å². The van der Waals surface area contributed by atoms with Gasteiger partial charge in [-0.1, -0.05) is 6.07 Å². The van der Waals surface area contributed by atoms with Crippen LogP contribution in [0, 0.1) is 0 Å². The molecule has 0 amide bonds. The molecule has 1 aromatic heterocycles. The minimum Gasteiger partial charge on any atom is -0.303 e. The third-order valence-corrected chi connectivity index (χ3v) is 6.86. The smallest absolute Gasteiger partial charge is 0.0538 e. The van der Waals surface area contributed by atoms with Crippen LogP contribution in [-0.4, -0.2) is 39.5 Å². The Morgan fingerprint density at radius 2 is 2.04 bits per heavy atom.